The number of carbonyl (C=O) groups is 1. The summed E-state index contributed by atoms with van der Waals surface area (Å²) in [6.45, 7) is -0.744. The number of ether oxygens (including phenoxy) is 1. The summed E-state index contributed by atoms with van der Waals surface area (Å²) in [6, 6.07) is 13.4. The second-order valence-corrected chi connectivity index (χ2v) is 7.68. The first-order chi connectivity index (χ1) is 13.2. The van der Waals surface area contributed by atoms with Gasteiger partial charge >= 0.3 is 6.18 Å². The van der Waals surface area contributed by atoms with Gasteiger partial charge in [-0.1, -0.05) is 42.5 Å². The van der Waals surface area contributed by atoms with Crippen molar-refractivity contribution in [1.82, 2.24) is 10.0 Å². The molecule has 2 rings (SSSR count). The average molecular weight is 416 g/mol. The van der Waals surface area contributed by atoms with Crippen LogP contribution >= 0.6 is 0 Å². The van der Waals surface area contributed by atoms with Crippen LogP contribution in [0, 0.1) is 0 Å². The van der Waals surface area contributed by atoms with E-state index in [1.807, 2.05) is 6.07 Å². The van der Waals surface area contributed by atoms with Crippen molar-refractivity contribution in [3.63, 3.8) is 0 Å². The van der Waals surface area contributed by atoms with Gasteiger partial charge in [-0.05, 0) is 17.7 Å². The predicted molar refractivity (Wildman–Crippen MR) is 97.0 cm³/mol. The zero-order valence-electron chi connectivity index (χ0n) is 14.7. The van der Waals surface area contributed by atoms with E-state index in [-0.39, 0.29) is 18.8 Å². The van der Waals surface area contributed by atoms with Crippen molar-refractivity contribution in [2.45, 2.75) is 12.7 Å². The summed E-state index contributed by atoms with van der Waals surface area (Å²) in [5, 5.41) is 2.30. The van der Waals surface area contributed by atoms with Crippen molar-refractivity contribution in [1.29, 1.82) is 0 Å². The molecule has 0 heterocycles. The molecule has 0 aliphatic rings. The van der Waals surface area contributed by atoms with Crippen LogP contribution in [0.4, 0.5) is 13.2 Å². The van der Waals surface area contributed by atoms with Gasteiger partial charge in [0.2, 0.25) is 10.0 Å². The number of hydrogen-bond donors (Lipinski definition) is 2. The summed E-state index contributed by atoms with van der Waals surface area (Å²) >= 11 is 0. The van der Waals surface area contributed by atoms with Gasteiger partial charge in [0.1, 0.15) is 5.75 Å². The molecule has 0 saturated carbocycles. The number of sulfonamides is 1. The minimum absolute atomic E-state index is 0.120. The van der Waals surface area contributed by atoms with Crippen molar-refractivity contribution in [3.8, 4) is 5.75 Å². The molecule has 0 aliphatic heterocycles. The van der Waals surface area contributed by atoms with Crippen LogP contribution in [0.1, 0.15) is 11.1 Å². The number of para-hydroxylation sites is 1. The van der Waals surface area contributed by atoms with E-state index in [1.54, 1.807) is 24.3 Å². The Morgan fingerprint density at radius 2 is 1.64 bits per heavy atom. The Morgan fingerprint density at radius 3 is 2.32 bits per heavy atom. The molecule has 0 radical (unpaired) electrons. The molecule has 0 saturated heterocycles. The molecular weight excluding hydrogens is 397 g/mol. The molecule has 0 unspecified atom stereocenters. The van der Waals surface area contributed by atoms with E-state index < -0.39 is 40.0 Å². The van der Waals surface area contributed by atoms with Gasteiger partial charge in [0.15, 0.2) is 6.61 Å². The normalized spacial score (nSPS) is 11.8. The maximum Gasteiger partial charge on any atom is 0.419 e. The zero-order chi connectivity index (χ0) is 20.6. The first-order valence-corrected chi connectivity index (χ1v) is 9.89. The number of rotatable bonds is 9. The average Bonchev–Trinajstić information content (AvgIpc) is 2.65. The molecule has 0 spiro atoms. The number of alkyl halides is 3. The standard InChI is InChI=1S/C18H19F3N2O4S/c19-18(20,21)15-8-4-5-9-16(15)27-13-17(24)22-10-11-28(25,26)23-12-14-6-2-1-3-7-14/h1-9,23H,10-13H2,(H,22,24). The van der Waals surface area contributed by atoms with Gasteiger partial charge in [0.05, 0.1) is 11.3 Å². The van der Waals surface area contributed by atoms with Gasteiger partial charge < -0.3 is 10.1 Å². The smallest absolute Gasteiger partial charge is 0.419 e. The number of amides is 1. The number of hydrogen-bond acceptors (Lipinski definition) is 4. The number of benzene rings is 2. The van der Waals surface area contributed by atoms with Crippen molar-refractivity contribution in [2.24, 2.45) is 0 Å². The lowest BCUT2D eigenvalue weighted by molar-refractivity contribution is -0.139. The van der Waals surface area contributed by atoms with Crippen LogP contribution in [0.15, 0.2) is 54.6 Å². The summed E-state index contributed by atoms with van der Waals surface area (Å²) in [5.74, 6) is -1.57. The highest BCUT2D eigenvalue weighted by Crippen LogP contribution is 2.35. The Hall–Kier alpha value is -2.59. The first kappa shape index (κ1) is 21.7. The van der Waals surface area contributed by atoms with Gasteiger partial charge in [-0.2, -0.15) is 13.2 Å². The van der Waals surface area contributed by atoms with E-state index in [9.17, 15) is 26.4 Å². The summed E-state index contributed by atoms with van der Waals surface area (Å²) in [7, 11) is -3.62. The molecule has 10 heteroatoms. The van der Waals surface area contributed by atoms with E-state index >= 15 is 0 Å². The van der Waals surface area contributed by atoms with Crippen molar-refractivity contribution >= 4 is 15.9 Å². The molecule has 152 valence electrons. The monoisotopic (exact) mass is 416 g/mol. The van der Waals surface area contributed by atoms with Crippen LogP contribution in [0.2, 0.25) is 0 Å². The van der Waals surface area contributed by atoms with Crippen LogP contribution in [-0.2, 0) is 27.5 Å². The van der Waals surface area contributed by atoms with Crippen molar-refractivity contribution in [2.75, 3.05) is 18.9 Å². The van der Waals surface area contributed by atoms with E-state index in [4.69, 9.17) is 4.74 Å². The van der Waals surface area contributed by atoms with E-state index in [2.05, 4.69) is 10.0 Å². The largest absolute Gasteiger partial charge is 0.483 e. The summed E-state index contributed by atoms with van der Waals surface area (Å²) in [4.78, 5) is 11.7. The maximum absolute atomic E-state index is 12.8. The minimum atomic E-state index is -4.61. The fourth-order valence-corrected chi connectivity index (χ4v) is 3.11. The van der Waals surface area contributed by atoms with Crippen molar-refractivity contribution in [3.05, 3.63) is 65.7 Å². The molecule has 0 atom stereocenters. The lowest BCUT2D eigenvalue weighted by atomic mass is 10.2. The van der Waals surface area contributed by atoms with Gasteiger partial charge in [0, 0.05) is 13.1 Å². The molecule has 2 aromatic rings. The van der Waals surface area contributed by atoms with Crippen LogP contribution in [0.25, 0.3) is 0 Å². The maximum atomic E-state index is 12.8. The third-order valence-electron chi connectivity index (χ3n) is 3.58. The Kier molecular flexibility index (Phi) is 7.41. The van der Waals surface area contributed by atoms with Crippen LogP contribution < -0.4 is 14.8 Å². The molecule has 1 amide bonds. The molecule has 28 heavy (non-hydrogen) atoms. The fraction of sp³-hybridized carbons (Fsp3) is 0.278. The molecule has 0 aromatic heterocycles. The summed E-state index contributed by atoms with van der Waals surface area (Å²) in [5.41, 5.74) is -0.206. The molecule has 6 nitrogen and oxygen atoms in total. The molecule has 0 aliphatic carbocycles. The highest BCUT2D eigenvalue weighted by Gasteiger charge is 2.34. The molecule has 2 aromatic carbocycles. The van der Waals surface area contributed by atoms with Gasteiger partial charge in [-0.3, -0.25) is 4.79 Å². The fourth-order valence-electron chi connectivity index (χ4n) is 2.21. The van der Waals surface area contributed by atoms with E-state index in [1.165, 1.54) is 12.1 Å². The lowest BCUT2D eigenvalue weighted by Crippen LogP contribution is -2.36. The highest BCUT2D eigenvalue weighted by atomic mass is 32.2. The second kappa shape index (κ2) is 9.56. The van der Waals surface area contributed by atoms with E-state index in [0.29, 0.717) is 0 Å². The quantitative estimate of drug-likeness (QED) is 0.657. The minimum Gasteiger partial charge on any atom is -0.483 e. The molecular formula is C18H19F3N2O4S. The third kappa shape index (κ3) is 7.20. The van der Waals surface area contributed by atoms with Gasteiger partial charge in [-0.25, -0.2) is 13.1 Å². The Morgan fingerprint density at radius 1 is 1.00 bits per heavy atom. The predicted octanol–water partition coefficient (Wildman–Crippen LogP) is 2.32. The first-order valence-electron chi connectivity index (χ1n) is 8.24. The summed E-state index contributed by atoms with van der Waals surface area (Å²) in [6.07, 6.45) is -4.61. The van der Waals surface area contributed by atoms with Crippen LogP contribution in [0.3, 0.4) is 0 Å². The Labute approximate surface area is 160 Å². The Balaban J connectivity index is 1.76. The molecule has 2 N–H and O–H groups in total. The van der Waals surface area contributed by atoms with Gasteiger partial charge in [-0.15, -0.1) is 0 Å². The van der Waals surface area contributed by atoms with Crippen LogP contribution in [0.5, 0.6) is 5.75 Å². The number of nitrogens with one attached hydrogen (secondary N) is 2. The van der Waals surface area contributed by atoms with Gasteiger partial charge in [0.25, 0.3) is 5.91 Å². The molecule has 0 bridgehead atoms. The topological polar surface area (TPSA) is 84.5 Å². The SMILES string of the molecule is O=C(COc1ccccc1C(F)(F)F)NCCS(=O)(=O)NCc1ccccc1. The number of halogens is 3. The van der Waals surface area contributed by atoms with E-state index in [0.717, 1.165) is 17.7 Å². The zero-order valence-corrected chi connectivity index (χ0v) is 15.5. The highest BCUT2D eigenvalue weighted by molar-refractivity contribution is 7.89. The Bertz CT molecular complexity index is 887. The lowest BCUT2D eigenvalue weighted by Gasteiger charge is -2.13. The number of carbonyl (C=O) groups excluding carboxylic acids is 1. The third-order valence-corrected chi connectivity index (χ3v) is 4.91. The second-order valence-electron chi connectivity index (χ2n) is 5.76. The summed E-state index contributed by atoms with van der Waals surface area (Å²) < 4.78 is 69.7. The molecule has 0 fully saturated rings. The van der Waals surface area contributed by atoms with Crippen molar-refractivity contribution < 1.29 is 31.1 Å². The van der Waals surface area contributed by atoms with Crippen LogP contribution in [-0.4, -0.2) is 33.2 Å².